The highest BCUT2D eigenvalue weighted by molar-refractivity contribution is 7.71. The number of rotatable bonds is 4. The highest BCUT2D eigenvalue weighted by Gasteiger charge is 2.16. The molecule has 0 aliphatic rings. The summed E-state index contributed by atoms with van der Waals surface area (Å²) in [5, 5.41) is 0. The van der Waals surface area contributed by atoms with E-state index >= 15 is 0 Å². The van der Waals surface area contributed by atoms with Gasteiger partial charge in [-0.2, -0.15) is 0 Å². The summed E-state index contributed by atoms with van der Waals surface area (Å²) in [6, 6.07) is 5.69. The number of ether oxygens (including phenoxy) is 2. The highest BCUT2D eigenvalue weighted by atomic mass is 32.1. The number of nitrogens with zero attached hydrogens (tertiary/aromatic N) is 1. The molecule has 1 N–H and O–H groups in total. The number of hydrogen-bond acceptors (Lipinski definition) is 4. The van der Waals surface area contributed by atoms with Gasteiger partial charge < -0.3 is 14.5 Å². The molecule has 0 aliphatic heterocycles. The molecule has 0 aliphatic carbocycles. The van der Waals surface area contributed by atoms with Gasteiger partial charge in [0.25, 0.3) is 0 Å². The van der Waals surface area contributed by atoms with Gasteiger partial charge in [0.1, 0.15) is 16.1 Å². The minimum atomic E-state index is 0.601. The monoisotopic (exact) mass is 276 g/mol. The van der Waals surface area contributed by atoms with Crippen molar-refractivity contribution in [3.05, 3.63) is 34.7 Å². The third-order valence-electron chi connectivity index (χ3n) is 2.98. The van der Waals surface area contributed by atoms with Gasteiger partial charge in [-0.05, 0) is 18.6 Å². The Hall–Kier alpha value is -1.88. The lowest BCUT2D eigenvalue weighted by molar-refractivity contribution is 0.397. The minimum absolute atomic E-state index is 0.601. The molecule has 0 spiro atoms. The van der Waals surface area contributed by atoms with Crippen LogP contribution in [0.1, 0.15) is 12.5 Å². The van der Waals surface area contributed by atoms with Crippen LogP contribution in [0.25, 0.3) is 11.3 Å². The van der Waals surface area contributed by atoms with Gasteiger partial charge in [0.05, 0.1) is 31.8 Å². The summed E-state index contributed by atoms with van der Waals surface area (Å²) in [5.41, 5.74) is 2.76. The molecule has 0 amide bonds. The molecular weight excluding hydrogens is 260 g/mol. The van der Waals surface area contributed by atoms with Crippen LogP contribution in [0.4, 0.5) is 0 Å². The number of nitrogens with one attached hydrogen (secondary N) is 1. The summed E-state index contributed by atoms with van der Waals surface area (Å²) in [6.45, 7) is 2.05. The first-order valence-corrected chi connectivity index (χ1v) is 6.41. The van der Waals surface area contributed by atoms with E-state index in [1.807, 2.05) is 25.1 Å². The van der Waals surface area contributed by atoms with Crippen molar-refractivity contribution < 1.29 is 9.47 Å². The average molecular weight is 276 g/mol. The van der Waals surface area contributed by atoms with Crippen molar-refractivity contribution in [3.63, 3.8) is 0 Å². The van der Waals surface area contributed by atoms with Gasteiger partial charge >= 0.3 is 0 Å². The normalized spacial score (nSPS) is 10.3. The van der Waals surface area contributed by atoms with Crippen LogP contribution in [0.3, 0.4) is 0 Å². The summed E-state index contributed by atoms with van der Waals surface area (Å²) < 4.78 is 11.5. The second kappa shape index (κ2) is 5.84. The molecular formula is C14H16N2O2S. The Morgan fingerprint density at radius 2 is 1.84 bits per heavy atom. The largest absolute Gasteiger partial charge is 0.496 e. The molecule has 4 nitrogen and oxygen atoms in total. The van der Waals surface area contributed by atoms with Crippen LogP contribution in [0.5, 0.6) is 11.5 Å². The van der Waals surface area contributed by atoms with Gasteiger partial charge in [-0.1, -0.05) is 25.2 Å². The lowest BCUT2D eigenvalue weighted by Crippen LogP contribution is -1.99. The Balaban J connectivity index is 2.78. The number of aromatic amines is 1. The minimum Gasteiger partial charge on any atom is -0.496 e. The van der Waals surface area contributed by atoms with E-state index in [1.165, 1.54) is 0 Å². The van der Waals surface area contributed by atoms with Crippen molar-refractivity contribution in [1.82, 2.24) is 9.97 Å². The van der Waals surface area contributed by atoms with Crippen LogP contribution in [-0.2, 0) is 6.42 Å². The molecule has 2 rings (SSSR count). The second-order valence-electron chi connectivity index (χ2n) is 3.95. The maximum Gasteiger partial charge on any atom is 0.133 e. The Bertz CT molecular complexity index is 615. The van der Waals surface area contributed by atoms with Crippen LogP contribution in [-0.4, -0.2) is 24.2 Å². The molecule has 1 heterocycles. The van der Waals surface area contributed by atoms with Gasteiger partial charge in [-0.25, -0.2) is 4.98 Å². The number of H-pyrrole nitrogens is 1. The van der Waals surface area contributed by atoms with Gasteiger partial charge in [-0.3, -0.25) is 0 Å². The van der Waals surface area contributed by atoms with E-state index in [-0.39, 0.29) is 0 Å². The van der Waals surface area contributed by atoms with Crippen LogP contribution < -0.4 is 9.47 Å². The molecule has 0 unspecified atom stereocenters. The fraction of sp³-hybridized carbons (Fsp3) is 0.286. The van der Waals surface area contributed by atoms with Crippen LogP contribution in [0.2, 0.25) is 0 Å². The fourth-order valence-electron chi connectivity index (χ4n) is 2.08. The quantitative estimate of drug-likeness (QED) is 0.870. The first-order valence-electron chi connectivity index (χ1n) is 6.00. The summed E-state index contributed by atoms with van der Waals surface area (Å²) in [6.07, 6.45) is 2.39. The SMILES string of the molecule is CCc1c(-c2c(OC)cccc2OC)[nH]cnc1=S. The van der Waals surface area contributed by atoms with E-state index < -0.39 is 0 Å². The topological polar surface area (TPSA) is 47.1 Å². The second-order valence-corrected chi connectivity index (χ2v) is 4.34. The van der Waals surface area contributed by atoms with Gasteiger partial charge in [-0.15, -0.1) is 0 Å². The van der Waals surface area contributed by atoms with E-state index in [0.717, 1.165) is 34.7 Å². The predicted octanol–water partition coefficient (Wildman–Crippen LogP) is 3.39. The summed E-state index contributed by atoms with van der Waals surface area (Å²) in [7, 11) is 3.28. The van der Waals surface area contributed by atoms with Crippen molar-refractivity contribution in [2.75, 3.05) is 14.2 Å². The maximum atomic E-state index is 5.43. The summed E-state index contributed by atoms with van der Waals surface area (Å²) in [5.74, 6) is 1.48. The smallest absolute Gasteiger partial charge is 0.133 e. The number of benzene rings is 1. The lowest BCUT2D eigenvalue weighted by atomic mass is 10.0. The third-order valence-corrected chi connectivity index (χ3v) is 3.33. The van der Waals surface area contributed by atoms with Crippen molar-refractivity contribution >= 4 is 12.2 Å². The standard InChI is InChI=1S/C14H16N2O2S/c1-4-9-13(15-8-16-14(9)19)12-10(17-2)6-5-7-11(12)18-3/h5-8H,4H2,1-3H3,(H,15,16,19). The zero-order valence-corrected chi connectivity index (χ0v) is 12.0. The molecule has 0 radical (unpaired) electrons. The molecule has 2 aromatic rings. The molecule has 100 valence electrons. The third kappa shape index (κ3) is 2.46. The molecule has 0 saturated carbocycles. The first kappa shape index (κ1) is 13.5. The fourth-order valence-corrected chi connectivity index (χ4v) is 2.38. The first-order chi connectivity index (χ1) is 9.22. The summed E-state index contributed by atoms with van der Waals surface area (Å²) in [4.78, 5) is 7.28. The zero-order chi connectivity index (χ0) is 13.8. The molecule has 0 bridgehead atoms. The predicted molar refractivity (Wildman–Crippen MR) is 77.3 cm³/mol. The Labute approximate surface area is 117 Å². The van der Waals surface area contributed by atoms with Crippen molar-refractivity contribution in [2.45, 2.75) is 13.3 Å². The maximum absolute atomic E-state index is 5.43. The lowest BCUT2D eigenvalue weighted by Gasteiger charge is -2.15. The van der Waals surface area contributed by atoms with E-state index in [2.05, 4.69) is 9.97 Å². The molecule has 0 atom stereocenters. The van der Waals surface area contributed by atoms with Gasteiger partial charge in [0.15, 0.2) is 0 Å². The molecule has 5 heteroatoms. The Morgan fingerprint density at radius 3 is 2.37 bits per heavy atom. The van der Waals surface area contributed by atoms with E-state index in [9.17, 15) is 0 Å². The number of methoxy groups -OCH3 is 2. The van der Waals surface area contributed by atoms with Crippen molar-refractivity contribution in [3.8, 4) is 22.8 Å². The molecule has 0 saturated heterocycles. The van der Waals surface area contributed by atoms with Gasteiger partial charge in [0.2, 0.25) is 0 Å². The van der Waals surface area contributed by atoms with Crippen LogP contribution >= 0.6 is 12.2 Å². The Morgan fingerprint density at radius 1 is 1.21 bits per heavy atom. The van der Waals surface area contributed by atoms with Crippen LogP contribution in [0.15, 0.2) is 24.5 Å². The molecule has 19 heavy (non-hydrogen) atoms. The van der Waals surface area contributed by atoms with E-state index in [1.54, 1.807) is 20.5 Å². The number of hydrogen-bond donors (Lipinski definition) is 1. The molecule has 0 fully saturated rings. The van der Waals surface area contributed by atoms with Crippen molar-refractivity contribution in [1.29, 1.82) is 0 Å². The highest BCUT2D eigenvalue weighted by Crippen LogP contribution is 2.38. The van der Waals surface area contributed by atoms with Crippen molar-refractivity contribution in [2.24, 2.45) is 0 Å². The molecule has 1 aromatic heterocycles. The molecule has 1 aromatic carbocycles. The zero-order valence-electron chi connectivity index (χ0n) is 11.2. The van der Waals surface area contributed by atoms with Gasteiger partial charge in [0, 0.05) is 5.56 Å². The summed E-state index contributed by atoms with van der Waals surface area (Å²) >= 11 is 5.28. The van der Waals surface area contributed by atoms with Crippen LogP contribution in [0, 0.1) is 4.64 Å². The Kier molecular flexibility index (Phi) is 4.16. The van der Waals surface area contributed by atoms with E-state index in [4.69, 9.17) is 21.7 Å². The average Bonchev–Trinajstić information content (AvgIpc) is 2.46. The number of aromatic nitrogens is 2. The van der Waals surface area contributed by atoms with E-state index in [0.29, 0.717) is 4.64 Å².